The minimum atomic E-state index is -4.48. The summed E-state index contributed by atoms with van der Waals surface area (Å²) in [5.41, 5.74) is 0.881. The summed E-state index contributed by atoms with van der Waals surface area (Å²) < 4.78 is 39.6. The molecule has 1 aromatic rings. The summed E-state index contributed by atoms with van der Waals surface area (Å²) in [6.45, 7) is 0.824. The molecule has 122 valence electrons. The Bertz CT molecular complexity index is 746. The van der Waals surface area contributed by atoms with Gasteiger partial charge in [0.25, 0.3) is 0 Å². The van der Waals surface area contributed by atoms with E-state index in [1.807, 2.05) is 11.1 Å². The fourth-order valence-electron chi connectivity index (χ4n) is 2.71. The van der Waals surface area contributed by atoms with Crippen LogP contribution in [0.1, 0.15) is 11.6 Å². The number of nitrogens with zero attached hydrogens (tertiary/aromatic N) is 6. The Balaban J connectivity index is 0.00000156. The van der Waals surface area contributed by atoms with Crippen molar-refractivity contribution in [3.8, 4) is 0 Å². The lowest BCUT2D eigenvalue weighted by molar-refractivity contribution is -0.682. The van der Waals surface area contributed by atoms with Gasteiger partial charge in [-0.1, -0.05) is 0 Å². The first-order valence-electron chi connectivity index (χ1n) is 6.63. The Kier molecular flexibility index (Phi) is 3.72. The van der Waals surface area contributed by atoms with E-state index < -0.39 is 12.0 Å². The van der Waals surface area contributed by atoms with E-state index in [0.29, 0.717) is 18.2 Å². The minimum Gasteiger partial charge on any atom is -1.00 e. The number of aliphatic imine (C=N–C) groups is 2. The van der Waals surface area contributed by atoms with E-state index >= 15 is 0 Å². The molecule has 3 aliphatic rings. The maximum absolute atomic E-state index is 12.8. The normalized spacial score (nSPS) is 22.2. The number of aromatic nitrogens is 3. The van der Waals surface area contributed by atoms with Crippen molar-refractivity contribution in [2.45, 2.75) is 19.3 Å². The summed E-state index contributed by atoms with van der Waals surface area (Å²) in [5, 5.41) is 6.95. The number of fused-ring (bicyclic) bond motifs is 2. The van der Waals surface area contributed by atoms with Gasteiger partial charge in [-0.05, 0) is 0 Å². The van der Waals surface area contributed by atoms with Gasteiger partial charge in [-0.15, -0.1) is 10.2 Å². The van der Waals surface area contributed by atoms with Crippen molar-refractivity contribution in [1.29, 1.82) is 0 Å². The van der Waals surface area contributed by atoms with Crippen LogP contribution in [0.3, 0.4) is 0 Å². The Morgan fingerprint density at radius 2 is 2.00 bits per heavy atom. The Morgan fingerprint density at radius 3 is 2.78 bits per heavy atom. The minimum absolute atomic E-state index is 0. The number of alkyl halides is 3. The second kappa shape index (κ2) is 5.46. The molecule has 0 radical (unpaired) electrons. The van der Waals surface area contributed by atoms with Gasteiger partial charge in [-0.3, -0.25) is 4.99 Å². The topological polar surface area (TPSA) is 63.1 Å². The predicted molar refractivity (Wildman–Crippen MR) is 69.5 cm³/mol. The van der Waals surface area contributed by atoms with Crippen molar-refractivity contribution in [3.05, 3.63) is 35.6 Å². The van der Waals surface area contributed by atoms with Gasteiger partial charge in [0.05, 0.1) is 19.0 Å². The van der Waals surface area contributed by atoms with E-state index in [1.54, 1.807) is 18.8 Å². The summed E-state index contributed by atoms with van der Waals surface area (Å²) >= 11 is 0. The quantitative estimate of drug-likeness (QED) is 0.582. The van der Waals surface area contributed by atoms with Gasteiger partial charge < -0.3 is 21.9 Å². The van der Waals surface area contributed by atoms with Gasteiger partial charge in [0.15, 0.2) is 11.6 Å². The molecule has 23 heavy (non-hydrogen) atoms. The monoisotopic (exact) mass is 345 g/mol. The molecule has 0 saturated heterocycles. The summed E-state index contributed by atoms with van der Waals surface area (Å²) in [6, 6.07) is 0. The number of hydrogen-bond acceptors (Lipinski definition) is 5. The van der Waals surface area contributed by atoms with Crippen molar-refractivity contribution < 1.29 is 30.5 Å². The van der Waals surface area contributed by atoms with Crippen LogP contribution >= 0.6 is 0 Å². The molecule has 0 spiro atoms. The third-order valence-electron chi connectivity index (χ3n) is 3.73. The molecule has 0 saturated carbocycles. The van der Waals surface area contributed by atoms with Crippen LogP contribution in [0.15, 0.2) is 33.9 Å². The Labute approximate surface area is 134 Å². The van der Waals surface area contributed by atoms with Gasteiger partial charge in [0.1, 0.15) is 6.20 Å². The van der Waals surface area contributed by atoms with E-state index in [-0.39, 0.29) is 25.5 Å². The third kappa shape index (κ3) is 2.53. The van der Waals surface area contributed by atoms with Crippen LogP contribution in [0.2, 0.25) is 0 Å². The van der Waals surface area contributed by atoms with E-state index in [1.165, 1.54) is 0 Å². The average molecular weight is 346 g/mol. The SMILES string of the molecule is FC(F)(F)c1nnc2n1CCN(C1=C3C=NC=C[NH+]3C=N1)C2.[Cl-]. The largest absolute Gasteiger partial charge is 1.00 e. The molecule has 1 unspecified atom stereocenters. The van der Waals surface area contributed by atoms with Crippen LogP contribution in [-0.4, -0.2) is 38.8 Å². The zero-order valence-electron chi connectivity index (χ0n) is 11.6. The van der Waals surface area contributed by atoms with E-state index in [9.17, 15) is 13.2 Å². The highest BCUT2D eigenvalue weighted by Crippen LogP contribution is 2.30. The molecule has 1 N–H and O–H groups in total. The van der Waals surface area contributed by atoms with Crippen molar-refractivity contribution in [2.75, 3.05) is 6.54 Å². The third-order valence-corrected chi connectivity index (χ3v) is 3.73. The highest BCUT2D eigenvalue weighted by molar-refractivity contribution is 5.81. The van der Waals surface area contributed by atoms with Crippen LogP contribution in [0.25, 0.3) is 0 Å². The Morgan fingerprint density at radius 1 is 1.17 bits per heavy atom. The molecule has 0 bridgehead atoms. The fraction of sp³-hybridized carbons (Fsp3) is 0.333. The number of allylic oxidation sites excluding steroid dienone is 1. The van der Waals surface area contributed by atoms with Gasteiger partial charge in [0, 0.05) is 13.1 Å². The fourth-order valence-corrected chi connectivity index (χ4v) is 2.71. The van der Waals surface area contributed by atoms with Crippen molar-refractivity contribution in [2.24, 2.45) is 9.98 Å². The van der Waals surface area contributed by atoms with Crippen LogP contribution in [0, 0.1) is 0 Å². The molecule has 0 aromatic carbocycles. The van der Waals surface area contributed by atoms with Gasteiger partial charge in [0.2, 0.25) is 17.9 Å². The molecule has 7 nitrogen and oxygen atoms in total. The number of rotatable bonds is 1. The molecular formula is C12H11ClF3N7. The predicted octanol–water partition coefficient (Wildman–Crippen LogP) is -3.23. The van der Waals surface area contributed by atoms with Crippen LogP contribution in [-0.2, 0) is 19.3 Å². The maximum atomic E-state index is 12.8. The molecule has 3 aliphatic heterocycles. The summed E-state index contributed by atoms with van der Waals surface area (Å²) in [6.07, 6.45) is 2.48. The van der Waals surface area contributed by atoms with Crippen LogP contribution in [0.5, 0.6) is 0 Å². The first-order chi connectivity index (χ1) is 10.5. The molecular weight excluding hydrogens is 335 g/mol. The lowest BCUT2D eigenvalue weighted by Crippen LogP contribution is -3.04. The lowest BCUT2D eigenvalue weighted by Gasteiger charge is -2.28. The van der Waals surface area contributed by atoms with Crippen molar-refractivity contribution in [1.82, 2.24) is 19.7 Å². The van der Waals surface area contributed by atoms with E-state index in [4.69, 9.17) is 0 Å². The number of nitrogens with one attached hydrogen (secondary N) is 1. The maximum Gasteiger partial charge on any atom is 0.451 e. The van der Waals surface area contributed by atoms with E-state index in [0.717, 1.165) is 15.2 Å². The molecule has 0 aliphatic carbocycles. The molecule has 4 rings (SSSR count). The summed E-state index contributed by atoms with van der Waals surface area (Å²) in [5.74, 6) is 0.0636. The van der Waals surface area contributed by atoms with E-state index in [2.05, 4.69) is 20.2 Å². The smallest absolute Gasteiger partial charge is 0.451 e. The standard InChI is InChI=1S/C12H10F3N7.ClH/c13-12(14,15)11-19-18-9-6-20(3-4-22(9)11)10-8-5-16-1-2-21(8)7-17-10;/h1-2,5,7H,3-4,6H2;1H. The lowest BCUT2D eigenvalue weighted by atomic mass is 10.3. The van der Waals surface area contributed by atoms with Gasteiger partial charge in [-0.25, -0.2) is 4.90 Å². The summed E-state index contributed by atoms with van der Waals surface area (Å²) in [4.78, 5) is 11.3. The Hall–Kier alpha value is -2.20. The molecule has 11 heteroatoms. The van der Waals surface area contributed by atoms with Crippen molar-refractivity contribution in [3.63, 3.8) is 0 Å². The number of hydrogen-bond donors (Lipinski definition) is 1. The highest BCUT2D eigenvalue weighted by atomic mass is 35.5. The molecule has 1 aromatic heterocycles. The molecule has 4 heterocycles. The first kappa shape index (κ1) is 15.7. The van der Waals surface area contributed by atoms with Gasteiger partial charge >= 0.3 is 6.18 Å². The van der Waals surface area contributed by atoms with Crippen LogP contribution < -0.4 is 17.3 Å². The number of quaternary nitrogens is 1. The first-order valence-corrected chi connectivity index (χ1v) is 6.63. The zero-order valence-corrected chi connectivity index (χ0v) is 12.4. The van der Waals surface area contributed by atoms with Gasteiger partial charge in [-0.2, -0.15) is 18.2 Å². The molecule has 0 fully saturated rings. The molecule has 0 amide bonds. The number of halogens is 4. The molecule has 1 atom stereocenters. The average Bonchev–Trinajstić information content (AvgIpc) is 3.10. The zero-order chi connectivity index (χ0) is 15.3. The van der Waals surface area contributed by atoms with Crippen molar-refractivity contribution >= 4 is 12.6 Å². The second-order valence-corrected chi connectivity index (χ2v) is 5.06. The van der Waals surface area contributed by atoms with Crippen LogP contribution in [0.4, 0.5) is 13.2 Å². The summed E-state index contributed by atoms with van der Waals surface area (Å²) in [7, 11) is 0. The second-order valence-electron chi connectivity index (χ2n) is 5.06. The highest BCUT2D eigenvalue weighted by Gasteiger charge is 2.40.